The average molecular weight is 281 g/mol. The van der Waals surface area contributed by atoms with Crippen LogP contribution in [0.15, 0.2) is 12.4 Å². The quantitative estimate of drug-likeness (QED) is 0.803. The lowest BCUT2D eigenvalue weighted by molar-refractivity contribution is -0.146. The van der Waals surface area contributed by atoms with E-state index >= 15 is 0 Å². The van der Waals surface area contributed by atoms with Gasteiger partial charge in [0.05, 0.1) is 19.4 Å². The Kier molecular flexibility index (Phi) is 4.77. The number of carbonyl (C=O) groups excluding carboxylic acids is 1. The third kappa shape index (κ3) is 3.58. The molecule has 2 atom stereocenters. The number of methoxy groups -OCH3 is 1. The molecule has 0 saturated carbocycles. The molecule has 2 rings (SSSR count). The second kappa shape index (κ2) is 6.37. The van der Waals surface area contributed by atoms with Crippen LogP contribution in [-0.4, -0.2) is 51.6 Å². The van der Waals surface area contributed by atoms with Crippen LogP contribution in [0.1, 0.15) is 25.8 Å². The number of β-amino-alcohol motifs (C(OH)–C–C–N with tert-alkyl or cyclic N) is 1. The first-order chi connectivity index (χ1) is 9.49. The fraction of sp³-hybridized carbons (Fsp3) is 0.714. The summed E-state index contributed by atoms with van der Waals surface area (Å²) >= 11 is 0. The number of aliphatic hydroxyl groups is 1. The van der Waals surface area contributed by atoms with Crippen molar-refractivity contribution in [2.45, 2.75) is 45.5 Å². The van der Waals surface area contributed by atoms with Crippen molar-refractivity contribution in [2.24, 2.45) is 5.92 Å². The molecule has 1 saturated heterocycles. The molecule has 1 aromatic rings. The van der Waals surface area contributed by atoms with Gasteiger partial charge in [0.1, 0.15) is 6.04 Å². The van der Waals surface area contributed by atoms with Crippen LogP contribution >= 0.6 is 0 Å². The summed E-state index contributed by atoms with van der Waals surface area (Å²) in [4.78, 5) is 13.7. The van der Waals surface area contributed by atoms with E-state index in [4.69, 9.17) is 4.74 Å². The van der Waals surface area contributed by atoms with Crippen LogP contribution in [0.3, 0.4) is 0 Å². The molecule has 0 aromatic carbocycles. The van der Waals surface area contributed by atoms with Crippen molar-refractivity contribution in [3.05, 3.63) is 18.0 Å². The largest absolute Gasteiger partial charge is 0.468 e. The molecule has 1 aliphatic rings. The molecule has 1 N–H and O–H groups in total. The van der Waals surface area contributed by atoms with E-state index in [2.05, 4.69) is 18.9 Å². The first kappa shape index (κ1) is 15.0. The van der Waals surface area contributed by atoms with Gasteiger partial charge in [0.15, 0.2) is 0 Å². The summed E-state index contributed by atoms with van der Waals surface area (Å²) in [5, 5.41) is 14.1. The molecule has 0 aliphatic carbocycles. The van der Waals surface area contributed by atoms with E-state index in [1.807, 2.05) is 22.0 Å². The average Bonchev–Trinajstić information content (AvgIpc) is 2.95. The molecule has 1 aliphatic heterocycles. The predicted molar refractivity (Wildman–Crippen MR) is 73.9 cm³/mol. The van der Waals surface area contributed by atoms with Gasteiger partial charge in [0.2, 0.25) is 0 Å². The topological polar surface area (TPSA) is 67.6 Å². The summed E-state index contributed by atoms with van der Waals surface area (Å²) in [6, 6.07) is -0.358. The first-order valence-corrected chi connectivity index (χ1v) is 7.01. The minimum Gasteiger partial charge on any atom is -0.468 e. The maximum absolute atomic E-state index is 11.7. The highest BCUT2D eigenvalue weighted by atomic mass is 16.5. The van der Waals surface area contributed by atoms with Gasteiger partial charge in [-0.15, -0.1) is 0 Å². The molecule has 112 valence electrons. The summed E-state index contributed by atoms with van der Waals surface area (Å²) < 4.78 is 6.71. The molecule has 0 bridgehead atoms. The maximum atomic E-state index is 11.7. The van der Waals surface area contributed by atoms with Crippen LogP contribution in [0.2, 0.25) is 0 Å². The number of hydrogen-bond acceptors (Lipinski definition) is 5. The number of aliphatic hydroxyl groups excluding tert-OH is 1. The van der Waals surface area contributed by atoms with Gasteiger partial charge >= 0.3 is 5.97 Å². The highest BCUT2D eigenvalue weighted by Gasteiger charge is 2.36. The molecule has 0 amide bonds. The molecule has 1 aromatic heterocycles. The third-order valence-corrected chi connectivity index (χ3v) is 3.48. The SMILES string of the molecule is COC(=O)[C@@H]1C[C@@H](O)CN1Cc1cnn(CC(C)C)c1. The number of hydrogen-bond donors (Lipinski definition) is 1. The van der Waals surface area contributed by atoms with Gasteiger partial charge in [-0.3, -0.25) is 14.4 Å². The lowest BCUT2D eigenvalue weighted by atomic mass is 10.2. The lowest BCUT2D eigenvalue weighted by Gasteiger charge is -2.21. The summed E-state index contributed by atoms with van der Waals surface area (Å²) in [5.41, 5.74) is 1.05. The Labute approximate surface area is 119 Å². The summed E-state index contributed by atoms with van der Waals surface area (Å²) in [7, 11) is 1.38. The van der Waals surface area contributed by atoms with E-state index < -0.39 is 6.10 Å². The van der Waals surface area contributed by atoms with E-state index in [1.54, 1.807) is 0 Å². The lowest BCUT2D eigenvalue weighted by Crippen LogP contribution is -2.36. The fourth-order valence-corrected chi connectivity index (χ4v) is 2.63. The Morgan fingerprint density at radius 1 is 1.60 bits per heavy atom. The summed E-state index contributed by atoms with van der Waals surface area (Å²) in [6.07, 6.45) is 3.79. The minimum absolute atomic E-state index is 0.281. The van der Waals surface area contributed by atoms with Crippen molar-refractivity contribution in [2.75, 3.05) is 13.7 Å². The van der Waals surface area contributed by atoms with Crippen LogP contribution < -0.4 is 0 Å². The highest BCUT2D eigenvalue weighted by molar-refractivity contribution is 5.76. The zero-order valence-corrected chi connectivity index (χ0v) is 12.3. The number of nitrogens with zero attached hydrogens (tertiary/aromatic N) is 3. The van der Waals surface area contributed by atoms with Crippen molar-refractivity contribution in [3.63, 3.8) is 0 Å². The number of likely N-dealkylation sites (tertiary alicyclic amines) is 1. The summed E-state index contributed by atoms with van der Waals surface area (Å²) in [6.45, 7) is 6.27. The van der Waals surface area contributed by atoms with Crippen LogP contribution in [0.5, 0.6) is 0 Å². The first-order valence-electron chi connectivity index (χ1n) is 7.01. The number of esters is 1. The molecule has 2 heterocycles. The smallest absolute Gasteiger partial charge is 0.323 e. The van der Waals surface area contributed by atoms with Crippen LogP contribution in [-0.2, 0) is 22.6 Å². The van der Waals surface area contributed by atoms with Gasteiger partial charge in [0.25, 0.3) is 0 Å². The van der Waals surface area contributed by atoms with Crippen LogP contribution in [0.4, 0.5) is 0 Å². The molecule has 0 unspecified atom stereocenters. The van der Waals surface area contributed by atoms with Gasteiger partial charge in [-0.25, -0.2) is 0 Å². The normalized spacial score (nSPS) is 23.4. The fourth-order valence-electron chi connectivity index (χ4n) is 2.63. The van der Waals surface area contributed by atoms with Gasteiger partial charge in [-0.2, -0.15) is 5.10 Å². The zero-order chi connectivity index (χ0) is 14.7. The third-order valence-electron chi connectivity index (χ3n) is 3.48. The molecule has 20 heavy (non-hydrogen) atoms. The van der Waals surface area contributed by atoms with Crippen molar-refractivity contribution < 1.29 is 14.6 Å². The second-order valence-corrected chi connectivity index (χ2v) is 5.82. The van der Waals surface area contributed by atoms with Crippen molar-refractivity contribution in [3.8, 4) is 0 Å². The molecule has 6 nitrogen and oxygen atoms in total. The van der Waals surface area contributed by atoms with Gasteiger partial charge < -0.3 is 9.84 Å². The Balaban J connectivity index is 2.00. The zero-order valence-electron chi connectivity index (χ0n) is 12.3. The second-order valence-electron chi connectivity index (χ2n) is 5.82. The number of rotatable bonds is 5. The van der Waals surface area contributed by atoms with Crippen molar-refractivity contribution in [1.82, 2.24) is 14.7 Å². The summed E-state index contributed by atoms with van der Waals surface area (Å²) in [5.74, 6) is 0.260. The molecular weight excluding hydrogens is 258 g/mol. The van der Waals surface area contributed by atoms with Crippen LogP contribution in [0, 0.1) is 5.92 Å². The number of carbonyl (C=O) groups is 1. The Morgan fingerprint density at radius 2 is 2.35 bits per heavy atom. The molecule has 0 spiro atoms. The molecule has 0 radical (unpaired) electrons. The molecule has 6 heteroatoms. The Hall–Kier alpha value is -1.40. The number of ether oxygens (including phenoxy) is 1. The van der Waals surface area contributed by atoms with Gasteiger partial charge in [0, 0.05) is 37.8 Å². The van der Waals surface area contributed by atoms with E-state index in [0.717, 1.165) is 12.1 Å². The van der Waals surface area contributed by atoms with E-state index in [-0.39, 0.29) is 12.0 Å². The van der Waals surface area contributed by atoms with E-state index in [9.17, 15) is 9.90 Å². The van der Waals surface area contributed by atoms with Crippen molar-refractivity contribution in [1.29, 1.82) is 0 Å². The van der Waals surface area contributed by atoms with Crippen molar-refractivity contribution >= 4 is 5.97 Å². The predicted octanol–water partition coefficient (Wildman–Crippen LogP) is 0.647. The van der Waals surface area contributed by atoms with Crippen LogP contribution in [0.25, 0.3) is 0 Å². The van der Waals surface area contributed by atoms with E-state index in [0.29, 0.717) is 25.4 Å². The Bertz CT molecular complexity index is 458. The molecule has 1 fully saturated rings. The maximum Gasteiger partial charge on any atom is 0.323 e. The standard InChI is InChI=1S/C14H23N3O3/c1-10(2)6-17-8-11(5-15-17)7-16-9-12(18)4-13(16)14(19)20-3/h5,8,10,12-13,18H,4,6-7,9H2,1-3H3/t12-,13+/m1/s1. The minimum atomic E-state index is -0.468. The van der Waals surface area contributed by atoms with Gasteiger partial charge in [-0.05, 0) is 5.92 Å². The van der Waals surface area contributed by atoms with Gasteiger partial charge in [-0.1, -0.05) is 13.8 Å². The van der Waals surface area contributed by atoms with E-state index in [1.165, 1.54) is 7.11 Å². The Morgan fingerprint density at radius 3 is 3.00 bits per heavy atom. The number of aromatic nitrogens is 2. The monoisotopic (exact) mass is 281 g/mol. The molecular formula is C14H23N3O3. The highest BCUT2D eigenvalue weighted by Crippen LogP contribution is 2.21.